The number of thioether (sulfide) groups is 1. The van der Waals surface area contributed by atoms with Crippen molar-refractivity contribution in [2.24, 2.45) is 5.73 Å². The van der Waals surface area contributed by atoms with Gasteiger partial charge >= 0.3 is 0 Å². The van der Waals surface area contributed by atoms with Gasteiger partial charge in [-0.2, -0.15) is 0 Å². The van der Waals surface area contributed by atoms with Crippen LogP contribution in [0.15, 0.2) is 23.1 Å². The standard InChI is InChI=1S/C13H20ClNS/c1-3-4-8-16-13-11(9-10(2)15)6-5-7-12(13)14/h5-7,10H,3-4,8-9,15H2,1-2H3. The van der Waals surface area contributed by atoms with Crippen LogP contribution in [-0.4, -0.2) is 11.8 Å². The molecule has 0 aliphatic rings. The molecule has 0 aliphatic heterocycles. The molecule has 0 fully saturated rings. The van der Waals surface area contributed by atoms with Crippen LogP contribution < -0.4 is 5.73 Å². The third kappa shape index (κ3) is 4.36. The molecule has 0 saturated carbocycles. The smallest absolute Gasteiger partial charge is 0.0544 e. The van der Waals surface area contributed by atoms with E-state index in [1.54, 1.807) is 0 Å². The molecule has 1 unspecified atom stereocenters. The SMILES string of the molecule is CCCCSc1c(Cl)cccc1CC(C)N. The molecule has 1 atom stereocenters. The van der Waals surface area contributed by atoms with Crippen LogP contribution in [0.4, 0.5) is 0 Å². The van der Waals surface area contributed by atoms with Crippen LogP contribution in [0.25, 0.3) is 0 Å². The number of benzene rings is 1. The van der Waals surface area contributed by atoms with Gasteiger partial charge in [0.25, 0.3) is 0 Å². The van der Waals surface area contributed by atoms with Gasteiger partial charge in [-0.1, -0.05) is 37.1 Å². The molecule has 1 rings (SSSR count). The Bertz CT molecular complexity index is 326. The average molecular weight is 258 g/mol. The van der Waals surface area contributed by atoms with Crippen molar-refractivity contribution < 1.29 is 0 Å². The molecule has 0 aromatic heterocycles. The maximum absolute atomic E-state index is 6.23. The van der Waals surface area contributed by atoms with Crippen LogP contribution in [0.2, 0.25) is 5.02 Å². The number of rotatable bonds is 6. The van der Waals surface area contributed by atoms with Gasteiger partial charge in [0.15, 0.2) is 0 Å². The molecule has 16 heavy (non-hydrogen) atoms. The summed E-state index contributed by atoms with van der Waals surface area (Å²) in [6.07, 6.45) is 3.35. The second-order valence-electron chi connectivity index (χ2n) is 4.11. The molecule has 1 aromatic rings. The molecular formula is C13H20ClNS. The highest BCUT2D eigenvalue weighted by atomic mass is 35.5. The lowest BCUT2D eigenvalue weighted by molar-refractivity contribution is 0.729. The number of hydrogen-bond donors (Lipinski definition) is 1. The van der Waals surface area contributed by atoms with Gasteiger partial charge in [0.05, 0.1) is 5.02 Å². The quantitative estimate of drug-likeness (QED) is 0.613. The number of hydrogen-bond acceptors (Lipinski definition) is 2. The molecule has 0 spiro atoms. The summed E-state index contributed by atoms with van der Waals surface area (Å²) >= 11 is 8.08. The van der Waals surface area contributed by atoms with E-state index in [1.165, 1.54) is 23.3 Å². The first-order valence-corrected chi connectivity index (χ1v) is 7.17. The van der Waals surface area contributed by atoms with E-state index < -0.39 is 0 Å². The molecule has 0 aliphatic carbocycles. The minimum absolute atomic E-state index is 0.184. The largest absolute Gasteiger partial charge is 0.328 e. The summed E-state index contributed by atoms with van der Waals surface area (Å²) in [5.41, 5.74) is 7.13. The first-order chi connectivity index (χ1) is 7.65. The Morgan fingerprint density at radius 3 is 2.81 bits per heavy atom. The third-order valence-electron chi connectivity index (χ3n) is 2.33. The molecule has 3 heteroatoms. The zero-order chi connectivity index (χ0) is 12.0. The predicted octanol–water partition coefficient (Wildman–Crippen LogP) is 4.12. The van der Waals surface area contributed by atoms with Gasteiger partial charge in [-0.05, 0) is 37.1 Å². The lowest BCUT2D eigenvalue weighted by Crippen LogP contribution is -2.18. The fraction of sp³-hybridized carbons (Fsp3) is 0.538. The van der Waals surface area contributed by atoms with Gasteiger partial charge in [-0.25, -0.2) is 0 Å². The molecule has 0 heterocycles. The second-order valence-corrected chi connectivity index (χ2v) is 5.62. The molecule has 2 N–H and O–H groups in total. The Morgan fingerprint density at radius 2 is 2.19 bits per heavy atom. The fourth-order valence-corrected chi connectivity index (χ4v) is 3.08. The minimum atomic E-state index is 0.184. The molecular weight excluding hydrogens is 238 g/mol. The van der Waals surface area contributed by atoms with E-state index in [-0.39, 0.29) is 6.04 Å². The van der Waals surface area contributed by atoms with E-state index >= 15 is 0 Å². The lowest BCUT2D eigenvalue weighted by atomic mass is 10.1. The topological polar surface area (TPSA) is 26.0 Å². The fourth-order valence-electron chi connectivity index (χ4n) is 1.54. The highest BCUT2D eigenvalue weighted by Crippen LogP contribution is 2.31. The van der Waals surface area contributed by atoms with Crippen LogP contribution in [0.1, 0.15) is 32.3 Å². The summed E-state index contributed by atoms with van der Waals surface area (Å²) in [6, 6.07) is 6.28. The first-order valence-electron chi connectivity index (χ1n) is 5.81. The summed E-state index contributed by atoms with van der Waals surface area (Å²) in [5, 5.41) is 0.860. The van der Waals surface area contributed by atoms with E-state index in [0.29, 0.717) is 0 Å². The maximum atomic E-state index is 6.23. The van der Waals surface area contributed by atoms with Crippen molar-refractivity contribution in [3.05, 3.63) is 28.8 Å². The van der Waals surface area contributed by atoms with Gasteiger partial charge in [0.2, 0.25) is 0 Å². The van der Waals surface area contributed by atoms with Gasteiger partial charge in [0, 0.05) is 10.9 Å². The second kappa shape index (κ2) is 7.21. The average Bonchev–Trinajstić information content (AvgIpc) is 2.21. The van der Waals surface area contributed by atoms with E-state index in [1.807, 2.05) is 30.8 Å². The van der Waals surface area contributed by atoms with Crippen molar-refractivity contribution in [1.29, 1.82) is 0 Å². The van der Waals surface area contributed by atoms with E-state index in [0.717, 1.165) is 17.2 Å². The summed E-state index contributed by atoms with van der Waals surface area (Å²) < 4.78 is 0. The highest BCUT2D eigenvalue weighted by molar-refractivity contribution is 7.99. The van der Waals surface area contributed by atoms with Crippen LogP contribution >= 0.6 is 23.4 Å². The predicted molar refractivity (Wildman–Crippen MR) is 74.4 cm³/mol. The number of nitrogens with two attached hydrogens (primary N) is 1. The van der Waals surface area contributed by atoms with Crippen LogP contribution in [0, 0.1) is 0 Å². The minimum Gasteiger partial charge on any atom is -0.328 e. The van der Waals surface area contributed by atoms with Gasteiger partial charge in [0.1, 0.15) is 0 Å². The molecule has 0 bridgehead atoms. The van der Waals surface area contributed by atoms with Crippen LogP contribution in [0.5, 0.6) is 0 Å². The highest BCUT2D eigenvalue weighted by Gasteiger charge is 2.08. The summed E-state index contributed by atoms with van der Waals surface area (Å²) in [6.45, 7) is 4.23. The Balaban J connectivity index is 2.77. The van der Waals surface area contributed by atoms with Crippen molar-refractivity contribution >= 4 is 23.4 Å². The van der Waals surface area contributed by atoms with E-state index in [9.17, 15) is 0 Å². The Morgan fingerprint density at radius 1 is 1.44 bits per heavy atom. The Hall–Kier alpha value is -0.180. The van der Waals surface area contributed by atoms with Crippen molar-refractivity contribution in [3.63, 3.8) is 0 Å². The molecule has 1 aromatic carbocycles. The summed E-state index contributed by atoms with van der Waals surface area (Å²) in [7, 11) is 0. The zero-order valence-electron chi connectivity index (χ0n) is 10.0. The Kier molecular flexibility index (Phi) is 6.25. The Labute approximate surface area is 108 Å². The van der Waals surface area contributed by atoms with Crippen LogP contribution in [0.3, 0.4) is 0 Å². The maximum Gasteiger partial charge on any atom is 0.0544 e. The number of unbranched alkanes of at least 4 members (excludes halogenated alkanes) is 1. The van der Waals surface area contributed by atoms with Crippen molar-refractivity contribution in [2.45, 2.75) is 44.0 Å². The first kappa shape index (κ1) is 13.9. The van der Waals surface area contributed by atoms with Gasteiger partial charge in [-0.15, -0.1) is 11.8 Å². The van der Waals surface area contributed by atoms with Crippen molar-refractivity contribution in [1.82, 2.24) is 0 Å². The van der Waals surface area contributed by atoms with Gasteiger partial charge < -0.3 is 5.73 Å². The van der Waals surface area contributed by atoms with Crippen molar-refractivity contribution in [2.75, 3.05) is 5.75 Å². The summed E-state index contributed by atoms with van der Waals surface area (Å²) in [5.74, 6) is 1.13. The zero-order valence-corrected chi connectivity index (χ0v) is 11.6. The normalized spacial score (nSPS) is 12.8. The molecule has 1 nitrogen and oxygen atoms in total. The molecule has 0 radical (unpaired) electrons. The van der Waals surface area contributed by atoms with E-state index in [2.05, 4.69) is 13.0 Å². The van der Waals surface area contributed by atoms with Gasteiger partial charge in [-0.3, -0.25) is 0 Å². The molecule has 0 saturated heterocycles. The number of halogens is 1. The third-order valence-corrected chi connectivity index (χ3v) is 4.03. The van der Waals surface area contributed by atoms with E-state index in [4.69, 9.17) is 17.3 Å². The monoisotopic (exact) mass is 257 g/mol. The summed E-state index contributed by atoms with van der Waals surface area (Å²) in [4.78, 5) is 1.22. The molecule has 90 valence electrons. The van der Waals surface area contributed by atoms with Crippen LogP contribution in [-0.2, 0) is 6.42 Å². The van der Waals surface area contributed by atoms with Crippen molar-refractivity contribution in [3.8, 4) is 0 Å². The lowest BCUT2D eigenvalue weighted by Gasteiger charge is -2.12. The molecule has 0 amide bonds.